The van der Waals surface area contributed by atoms with Crippen molar-refractivity contribution in [2.45, 2.75) is 303 Å². The molecule has 19 heteroatoms. The summed E-state index contributed by atoms with van der Waals surface area (Å²) in [5, 5.41) is 10.6. The highest BCUT2D eigenvalue weighted by atomic mass is 31.2. The minimum absolute atomic E-state index is 0.0647. The van der Waals surface area contributed by atoms with Crippen LogP contribution in [0.4, 0.5) is 0 Å². The standard InChI is InChI=1S/C75H128O17P2/c1-5-9-13-17-21-25-29-32-34-37-41-44-48-52-56-60-73(78)86-66-71(92-75(80)62-58-54-50-46-42-38-35-33-30-26-22-18-14-10-6-2)68-90-94(83,84)88-64-69(76)63-87-93(81,82)89-67-70(91-74(79)61-57-53-49-45-39-28-24-20-16-12-8-4)65-85-72(77)59-55-51-47-43-40-36-31-27-23-19-15-11-7-3/h9-10,13-15,19,21-22,25-27,31-35,41,44,69-71,76H,5-8,11-12,16-18,20,23-24,28-30,36-40,42-43,45-68H2,1-4H3,(H,81,82)(H,83,84)/b13-9-,14-10-,19-15-,25-21-,26-22-,31-27-,34-32-,35-33-,44-41-. The molecule has 540 valence electrons. The van der Waals surface area contributed by atoms with Gasteiger partial charge in [0.15, 0.2) is 12.2 Å². The summed E-state index contributed by atoms with van der Waals surface area (Å²) in [6, 6.07) is 0. The maximum atomic E-state index is 13.0. The Labute approximate surface area is 569 Å². The second-order valence-corrected chi connectivity index (χ2v) is 26.7. The quantitative estimate of drug-likeness (QED) is 0.0169. The van der Waals surface area contributed by atoms with E-state index >= 15 is 0 Å². The zero-order chi connectivity index (χ0) is 69.0. The molecule has 0 aromatic rings. The smallest absolute Gasteiger partial charge is 0.462 e. The van der Waals surface area contributed by atoms with Gasteiger partial charge in [0, 0.05) is 25.7 Å². The molecule has 0 saturated heterocycles. The number of carbonyl (C=O) groups excluding carboxylic acids is 4. The molecule has 0 bridgehead atoms. The molecule has 0 aliphatic rings. The molecule has 0 spiro atoms. The van der Waals surface area contributed by atoms with Crippen LogP contribution in [0.2, 0.25) is 0 Å². The Morgan fingerprint density at radius 1 is 0.309 bits per heavy atom. The summed E-state index contributed by atoms with van der Waals surface area (Å²) in [6.45, 7) is 4.48. The number of phosphoric acid groups is 2. The second-order valence-electron chi connectivity index (χ2n) is 23.8. The Hall–Kier alpha value is -4.28. The van der Waals surface area contributed by atoms with Crippen molar-refractivity contribution >= 4 is 39.5 Å². The van der Waals surface area contributed by atoms with Crippen molar-refractivity contribution in [3.05, 3.63) is 109 Å². The Morgan fingerprint density at radius 3 is 0.915 bits per heavy atom. The minimum Gasteiger partial charge on any atom is -0.462 e. The molecular formula is C75H128O17P2. The number of unbranched alkanes of at least 4 members (excludes halogenated alkanes) is 23. The maximum Gasteiger partial charge on any atom is 0.472 e. The molecule has 0 aliphatic heterocycles. The number of hydrogen-bond acceptors (Lipinski definition) is 15. The average molecular weight is 1360 g/mol. The molecule has 5 unspecified atom stereocenters. The molecule has 0 aromatic carbocycles. The van der Waals surface area contributed by atoms with E-state index in [9.17, 15) is 43.2 Å². The average Bonchev–Trinajstić information content (AvgIpc) is 1.36. The van der Waals surface area contributed by atoms with Crippen LogP contribution >= 0.6 is 15.6 Å². The zero-order valence-electron chi connectivity index (χ0n) is 58.6. The van der Waals surface area contributed by atoms with Crippen LogP contribution < -0.4 is 0 Å². The van der Waals surface area contributed by atoms with Crippen molar-refractivity contribution < 1.29 is 80.2 Å². The number of hydrogen-bond donors (Lipinski definition) is 3. The van der Waals surface area contributed by atoms with Gasteiger partial charge in [-0.2, -0.15) is 0 Å². The highest BCUT2D eigenvalue weighted by molar-refractivity contribution is 7.47. The number of phosphoric ester groups is 2. The van der Waals surface area contributed by atoms with E-state index < -0.39 is 97.5 Å². The first-order valence-electron chi connectivity index (χ1n) is 36.1. The largest absolute Gasteiger partial charge is 0.472 e. The number of carbonyl (C=O) groups is 4. The van der Waals surface area contributed by atoms with Crippen molar-refractivity contribution in [1.82, 2.24) is 0 Å². The number of ether oxygens (including phenoxy) is 4. The number of allylic oxidation sites excluding steroid dienone is 18. The summed E-state index contributed by atoms with van der Waals surface area (Å²) in [5.74, 6) is -2.25. The molecular weight excluding hydrogens is 1230 g/mol. The van der Waals surface area contributed by atoms with Crippen LogP contribution in [0, 0.1) is 0 Å². The molecule has 0 saturated carbocycles. The molecule has 3 N–H and O–H groups in total. The summed E-state index contributed by atoms with van der Waals surface area (Å²) in [5.41, 5.74) is 0. The first-order valence-corrected chi connectivity index (χ1v) is 39.1. The summed E-state index contributed by atoms with van der Waals surface area (Å²) in [7, 11) is -9.96. The summed E-state index contributed by atoms with van der Waals surface area (Å²) in [6.07, 6.45) is 69.6. The van der Waals surface area contributed by atoms with E-state index in [1.807, 2.05) is 0 Å². The maximum absolute atomic E-state index is 13.0. The fourth-order valence-electron chi connectivity index (χ4n) is 9.26. The van der Waals surface area contributed by atoms with E-state index in [1.165, 1.54) is 38.5 Å². The third kappa shape index (κ3) is 66.3. The van der Waals surface area contributed by atoms with Gasteiger partial charge in [0.25, 0.3) is 0 Å². The molecule has 0 heterocycles. The van der Waals surface area contributed by atoms with Gasteiger partial charge in [0.05, 0.1) is 26.4 Å². The number of aliphatic hydroxyl groups excluding tert-OH is 1. The van der Waals surface area contributed by atoms with Gasteiger partial charge in [-0.15, -0.1) is 0 Å². The number of rotatable bonds is 67. The lowest BCUT2D eigenvalue weighted by Crippen LogP contribution is -2.30. The molecule has 0 amide bonds. The van der Waals surface area contributed by atoms with E-state index in [2.05, 4.69) is 137 Å². The van der Waals surface area contributed by atoms with E-state index in [4.69, 9.17) is 37.0 Å². The zero-order valence-corrected chi connectivity index (χ0v) is 60.4. The van der Waals surface area contributed by atoms with Gasteiger partial charge in [0.1, 0.15) is 19.3 Å². The molecule has 5 atom stereocenters. The topological polar surface area (TPSA) is 237 Å². The lowest BCUT2D eigenvalue weighted by molar-refractivity contribution is -0.161. The third-order valence-corrected chi connectivity index (χ3v) is 16.6. The van der Waals surface area contributed by atoms with Gasteiger partial charge in [0.2, 0.25) is 0 Å². The minimum atomic E-state index is -4.98. The second kappa shape index (κ2) is 67.3. The van der Waals surface area contributed by atoms with Crippen LogP contribution in [0.3, 0.4) is 0 Å². The van der Waals surface area contributed by atoms with Gasteiger partial charge in [-0.3, -0.25) is 37.3 Å². The highest BCUT2D eigenvalue weighted by Crippen LogP contribution is 2.45. The Morgan fingerprint density at radius 2 is 0.574 bits per heavy atom. The Kier molecular flexibility index (Phi) is 64.2. The first kappa shape index (κ1) is 89.7. The number of esters is 4. The van der Waals surface area contributed by atoms with Crippen LogP contribution in [-0.2, 0) is 65.4 Å². The van der Waals surface area contributed by atoms with E-state index in [-0.39, 0.29) is 25.7 Å². The summed E-state index contributed by atoms with van der Waals surface area (Å²) < 4.78 is 68.2. The van der Waals surface area contributed by atoms with Crippen LogP contribution in [0.5, 0.6) is 0 Å². The molecule has 0 rings (SSSR count). The fourth-order valence-corrected chi connectivity index (χ4v) is 10.8. The van der Waals surface area contributed by atoms with Crippen molar-refractivity contribution in [1.29, 1.82) is 0 Å². The molecule has 17 nitrogen and oxygen atoms in total. The first-order chi connectivity index (χ1) is 45.7. The lowest BCUT2D eigenvalue weighted by atomic mass is 10.1. The molecule has 94 heavy (non-hydrogen) atoms. The van der Waals surface area contributed by atoms with E-state index in [0.29, 0.717) is 25.7 Å². The van der Waals surface area contributed by atoms with Gasteiger partial charge < -0.3 is 33.8 Å². The van der Waals surface area contributed by atoms with Crippen LogP contribution in [-0.4, -0.2) is 96.7 Å². The van der Waals surface area contributed by atoms with Crippen molar-refractivity contribution in [3.8, 4) is 0 Å². The monoisotopic (exact) mass is 1360 g/mol. The number of aliphatic hydroxyl groups is 1. The van der Waals surface area contributed by atoms with Crippen molar-refractivity contribution in [2.24, 2.45) is 0 Å². The molecule has 0 aromatic heterocycles. The van der Waals surface area contributed by atoms with Gasteiger partial charge >= 0.3 is 39.5 Å². The Bertz CT molecular complexity index is 2220. The van der Waals surface area contributed by atoms with Crippen LogP contribution in [0.1, 0.15) is 285 Å². The predicted molar refractivity (Wildman–Crippen MR) is 381 cm³/mol. The van der Waals surface area contributed by atoms with Crippen LogP contribution in [0.25, 0.3) is 0 Å². The summed E-state index contributed by atoms with van der Waals surface area (Å²) >= 11 is 0. The van der Waals surface area contributed by atoms with Gasteiger partial charge in [-0.25, -0.2) is 9.13 Å². The SMILES string of the molecule is CC/C=C\C/C=C\C/C=C\C/C=C\CCCCC(=O)OCC(COP(=O)(O)OCC(O)COP(=O)(O)OCC(COC(=O)CCCCCCC/C=C\C/C=C\CCC)OC(=O)CCCCCCCCCCCCC)OC(=O)CCCCCCC/C=C\C/C=C\C/C=C\CC. The third-order valence-electron chi connectivity index (χ3n) is 14.7. The lowest BCUT2D eigenvalue weighted by Gasteiger charge is -2.21. The fraction of sp³-hybridized carbons (Fsp3) is 0.707. The van der Waals surface area contributed by atoms with E-state index in [1.54, 1.807) is 0 Å². The van der Waals surface area contributed by atoms with E-state index in [0.717, 1.165) is 167 Å². The van der Waals surface area contributed by atoms with Crippen molar-refractivity contribution in [2.75, 3.05) is 39.6 Å². The van der Waals surface area contributed by atoms with Crippen LogP contribution in [0.15, 0.2) is 109 Å². The van der Waals surface area contributed by atoms with Crippen molar-refractivity contribution in [3.63, 3.8) is 0 Å². The molecule has 0 aliphatic carbocycles. The molecule has 0 fully saturated rings. The predicted octanol–water partition coefficient (Wildman–Crippen LogP) is 20.2. The highest BCUT2D eigenvalue weighted by Gasteiger charge is 2.30. The van der Waals surface area contributed by atoms with Gasteiger partial charge in [-0.1, -0.05) is 246 Å². The normalized spacial score (nSPS) is 14.7. The molecule has 0 radical (unpaired) electrons. The Balaban J connectivity index is 5.38. The summed E-state index contributed by atoms with van der Waals surface area (Å²) in [4.78, 5) is 72.6. The van der Waals surface area contributed by atoms with Gasteiger partial charge in [-0.05, 0) is 122 Å².